The van der Waals surface area contributed by atoms with Gasteiger partial charge in [0, 0.05) is 0 Å². The average molecular weight is 280 g/mol. The highest BCUT2D eigenvalue weighted by atomic mass is 16.5. The van der Waals surface area contributed by atoms with Crippen LogP contribution in [0.15, 0.2) is 66.4 Å². The highest BCUT2D eigenvalue weighted by Crippen LogP contribution is 2.40. The van der Waals surface area contributed by atoms with Gasteiger partial charge >= 0.3 is 0 Å². The first kappa shape index (κ1) is 13.6. The van der Waals surface area contributed by atoms with Gasteiger partial charge in [-0.2, -0.15) is 0 Å². The summed E-state index contributed by atoms with van der Waals surface area (Å²) in [4.78, 5) is 12.8. The molecule has 0 spiro atoms. The molecule has 2 aromatic carbocycles. The normalized spacial score (nSPS) is 21.7. The molecule has 0 bridgehead atoms. The van der Waals surface area contributed by atoms with Gasteiger partial charge in [-0.1, -0.05) is 60.7 Å². The molecule has 3 nitrogen and oxygen atoms in total. The van der Waals surface area contributed by atoms with Crippen molar-refractivity contribution in [3.05, 3.63) is 77.5 Å². The third kappa shape index (κ3) is 2.26. The molecule has 0 heterocycles. The highest BCUT2D eigenvalue weighted by molar-refractivity contribution is 6.27. The molecule has 1 N–H and O–H groups in total. The Kier molecular flexibility index (Phi) is 3.59. The van der Waals surface area contributed by atoms with E-state index in [9.17, 15) is 9.90 Å². The van der Waals surface area contributed by atoms with Gasteiger partial charge in [0.05, 0.1) is 18.6 Å². The topological polar surface area (TPSA) is 46.5 Å². The fourth-order valence-corrected chi connectivity index (χ4v) is 2.83. The Morgan fingerprint density at radius 3 is 2.10 bits per heavy atom. The minimum Gasteiger partial charge on any atom is -0.498 e. The molecule has 0 saturated carbocycles. The van der Waals surface area contributed by atoms with Crippen molar-refractivity contribution in [1.29, 1.82) is 0 Å². The maximum atomic E-state index is 12.8. The number of hydrogen-bond donors (Lipinski definition) is 1. The van der Waals surface area contributed by atoms with Gasteiger partial charge in [0.2, 0.25) is 0 Å². The molecule has 0 aromatic heterocycles. The van der Waals surface area contributed by atoms with Crippen molar-refractivity contribution in [3.63, 3.8) is 0 Å². The Morgan fingerprint density at radius 1 is 0.952 bits per heavy atom. The predicted molar refractivity (Wildman–Crippen MR) is 80.6 cm³/mol. The smallest absolute Gasteiger partial charge is 0.177 e. The number of Topliss-reactive ketones (excluding diaryl/α,β-unsaturated/α-hetero) is 1. The number of benzene rings is 2. The molecule has 2 aromatic rings. The van der Waals surface area contributed by atoms with E-state index < -0.39 is 12.0 Å². The molecule has 0 aliphatic heterocycles. The van der Waals surface area contributed by atoms with E-state index in [0.717, 1.165) is 11.1 Å². The van der Waals surface area contributed by atoms with Crippen LogP contribution in [0.4, 0.5) is 0 Å². The molecule has 3 rings (SSSR count). The lowest BCUT2D eigenvalue weighted by Gasteiger charge is -2.15. The number of allylic oxidation sites excluding steroid dienone is 1. The number of ether oxygens (including phenoxy) is 1. The number of carbonyl (C=O) groups excluding carboxylic acids is 1. The Hall–Kier alpha value is -2.39. The summed E-state index contributed by atoms with van der Waals surface area (Å²) in [5, 5.41) is 10.5. The molecular formula is C18H16O3. The molecule has 0 unspecified atom stereocenters. The second-order valence-corrected chi connectivity index (χ2v) is 5.01. The molecule has 0 saturated heterocycles. The van der Waals surface area contributed by atoms with Crippen molar-refractivity contribution >= 4 is 11.4 Å². The van der Waals surface area contributed by atoms with E-state index >= 15 is 0 Å². The second kappa shape index (κ2) is 5.54. The predicted octanol–water partition coefficient (Wildman–Crippen LogP) is 2.77. The van der Waals surface area contributed by atoms with Gasteiger partial charge in [0.15, 0.2) is 5.78 Å². The van der Waals surface area contributed by atoms with Gasteiger partial charge in [0.25, 0.3) is 0 Å². The summed E-state index contributed by atoms with van der Waals surface area (Å²) in [6, 6.07) is 18.7. The Labute approximate surface area is 123 Å². The Bertz CT molecular complexity index is 674. The fourth-order valence-electron chi connectivity index (χ4n) is 2.83. The van der Waals surface area contributed by atoms with Gasteiger partial charge in [-0.05, 0) is 11.1 Å². The monoisotopic (exact) mass is 280 g/mol. The quantitative estimate of drug-likeness (QED) is 0.940. The van der Waals surface area contributed by atoms with Crippen LogP contribution in [0.1, 0.15) is 17.0 Å². The lowest BCUT2D eigenvalue weighted by atomic mass is 9.91. The first-order chi connectivity index (χ1) is 10.2. The van der Waals surface area contributed by atoms with E-state index in [0.29, 0.717) is 11.3 Å². The third-order valence-corrected chi connectivity index (χ3v) is 3.80. The van der Waals surface area contributed by atoms with Crippen LogP contribution in [-0.2, 0) is 9.53 Å². The van der Waals surface area contributed by atoms with Crippen LogP contribution in [0, 0.1) is 0 Å². The zero-order valence-corrected chi connectivity index (χ0v) is 11.7. The molecule has 1 aliphatic rings. The van der Waals surface area contributed by atoms with Crippen molar-refractivity contribution < 1.29 is 14.6 Å². The molecule has 0 radical (unpaired) electrons. The number of aliphatic hydroxyl groups excluding tert-OH is 1. The van der Waals surface area contributed by atoms with Crippen LogP contribution < -0.4 is 0 Å². The first-order valence-corrected chi connectivity index (χ1v) is 6.85. The summed E-state index contributed by atoms with van der Waals surface area (Å²) in [6.07, 6.45) is -0.944. The maximum absolute atomic E-state index is 12.8. The molecular weight excluding hydrogens is 264 g/mol. The minimum absolute atomic E-state index is 0.100. The van der Waals surface area contributed by atoms with Crippen molar-refractivity contribution in [1.82, 2.24) is 0 Å². The van der Waals surface area contributed by atoms with E-state index in [-0.39, 0.29) is 5.78 Å². The Morgan fingerprint density at radius 2 is 1.52 bits per heavy atom. The van der Waals surface area contributed by atoms with Gasteiger partial charge < -0.3 is 9.84 Å². The van der Waals surface area contributed by atoms with Crippen LogP contribution in [0.3, 0.4) is 0 Å². The van der Waals surface area contributed by atoms with Crippen LogP contribution in [0.2, 0.25) is 0 Å². The van der Waals surface area contributed by atoms with E-state index in [4.69, 9.17) is 4.74 Å². The number of hydrogen-bond acceptors (Lipinski definition) is 3. The van der Waals surface area contributed by atoms with E-state index in [2.05, 4.69) is 0 Å². The van der Waals surface area contributed by atoms with Gasteiger partial charge in [-0.3, -0.25) is 4.79 Å². The van der Waals surface area contributed by atoms with Crippen molar-refractivity contribution in [2.45, 2.75) is 12.0 Å². The molecule has 21 heavy (non-hydrogen) atoms. The summed E-state index contributed by atoms with van der Waals surface area (Å²) in [5.74, 6) is -0.354. The summed E-state index contributed by atoms with van der Waals surface area (Å²) >= 11 is 0. The zero-order chi connectivity index (χ0) is 14.8. The van der Waals surface area contributed by atoms with Crippen LogP contribution in [0.5, 0.6) is 0 Å². The molecule has 106 valence electrons. The summed E-state index contributed by atoms with van der Waals surface area (Å²) in [7, 11) is 1.49. The average Bonchev–Trinajstić information content (AvgIpc) is 2.79. The highest BCUT2D eigenvalue weighted by Gasteiger charge is 2.43. The lowest BCUT2D eigenvalue weighted by Crippen LogP contribution is -2.20. The van der Waals surface area contributed by atoms with E-state index in [1.165, 1.54) is 7.11 Å². The SMILES string of the molecule is COC1=C(c2ccccc2)C(=O)[C@@H](c2ccccc2)[C@H]1O. The van der Waals surface area contributed by atoms with Crippen molar-refractivity contribution in [3.8, 4) is 0 Å². The van der Waals surface area contributed by atoms with Crippen molar-refractivity contribution in [2.75, 3.05) is 7.11 Å². The number of methoxy groups -OCH3 is 1. The number of aliphatic hydroxyl groups is 1. The molecule has 0 amide bonds. The molecule has 0 fully saturated rings. The number of rotatable bonds is 3. The van der Waals surface area contributed by atoms with Gasteiger partial charge in [0.1, 0.15) is 11.9 Å². The summed E-state index contributed by atoms with van der Waals surface area (Å²) in [5.41, 5.74) is 2.05. The summed E-state index contributed by atoms with van der Waals surface area (Å²) in [6.45, 7) is 0. The number of ketones is 1. The van der Waals surface area contributed by atoms with Gasteiger partial charge in [-0.25, -0.2) is 0 Å². The maximum Gasteiger partial charge on any atom is 0.177 e. The van der Waals surface area contributed by atoms with Gasteiger partial charge in [-0.15, -0.1) is 0 Å². The zero-order valence-electron chi connectivity index (χ0n) is 11.7. The van der Waals surface area contributed by atoms with E-state index in [1.807, 2.05) is 60.7 Å². The Balaban J connectivity index is 2.08. The van der Waals surface area contributed by atoms with Crippen LogP contribution >= 0.6 is 0 Å². The fraction of sp³-hybridized carbons (Fsp3) is 0.167. The minimum atomic E-state index is -0.944. The van der Waals surface area contributed by atoms with Crippen LogP contribution in [-0.4, -0.2) is 24.1 Å². The third-order valence-electron chi connectivity index (χ3n) is 3.80. The number of carbonyl (C=O) groups is 1. The molecule has 3 heteroatoms. The largest absolute Gasteiger partial charge is 0.498 e. The lowest BCUT2D eigenvalue weighted by molar-refractivity contribution is -0.115. The standard InChI is InChI=1S/C18H16O3/c1-21-18-15(13-10-6-3-7-11-13)16(19)14(17(18)20)12-8-4-2-5-9-12/h2-11,14,17,20H,1H3/t14-,17-/m1/s1. The van der Waals surface area contributed by atoms with Crippen LogP contribution in [0.25, 0.3) is 5.57 Å². The first-order valence-electron chi connectivity index (χ1n) is 6.85. The van der Waals surface area contributed by atoms with Crippen molar-refractivity contribution in [2.24, 2.45) is 0 Å². The molecule has 2 atom stereocenters. The second-order valence-electron chi connectivity index (χ2n) is 5.01. The summed E-state index contributed by atoms with van der Waals surface area (Å²) < 4.78 is 5.32. The van der Waals surface area contributed by atoms with E-state index in [1.54, 1.807) is 0 Å². The molecule has 1 aliphatic carbocycles.